The molecule has 2 heterocycles. The predicted molar refractivity (Wildman–Crippen MR) is 87.4 cm³/mol. The number of hydrogen-bond donors (Lipinski definition) is 2. The van der Waals surface area contributed by atoms with Crippen LogP contribution in [0.15, 0.2) is 18.2 Å². The van der Waals surface area contributed by atoms with Crippen molar-refractivity contribution in [1.29, 1.82) is 0 Å². The summed E-state index contributed by atoms with van der Waals surface area (Å²) in [5, 5.41) is 7.15. The number of halogens is 1. The van der Waals surface area contributed by atoms with E-state index >= 15 is 0 Å². The topological polar surface area (TPSA) is 63.2 Å². The molecule has 1 amide bonds. The van der Waals surface area contributed by atoms with Crippen LogP contribution in [0.2, 0.25) is 0 Å². The van der Waals surface area contributed by atoms with Gasteiger partial charge >= 0.3 is 0 Å². The minimum atomic E-state index is -0.303. The summed E-state index contributed by atoms with van der Waals surface area (Å²) in [5.74, 6) is -0.0576. The van der Waals surface area contributed by atoms with Crippen molar-refractivity contribution in [2.75, 3.05) is 18.5 Å². The van der Waals surface area contributed by atoms with Crippen molar-refractivity contribution in [3.63, 3.8) is 0 Å². The Morgan fingerprint density at radius 1 is 1.52 bits per heavy atom. The molecule has 1 aliphatic heterocycles. The van der Waals surface area contributed by atoms with Crippen LogP contribution in [-0.4, -0.2) is 36.2 Å². The molecular weight excluding hydrogens is 310 g/mol. The van der Waals surface area contributed by atoms with E-state index in [0.717, 1.165) is 20.9 Å². The van der Waals surface area contributed by atoms with Crippen LogP contribution in [0.25, 0.3) is 10.2 Å². The number of fused-ring (bicyclic) bond motifs is 1. The van der Waals surface area contributed by atoms with Crippen LogP contribution < -0.4 is 10.6 Å². The van der Waals surface area contributed by atoms with Gasteiger partial charge in [-0.2, -0.15) is 0 Å². The van der Waals surface area contributed by atoms with Crippen LogP contribution in [0.3, 0.4) is 0 Å². The molecule has 0 aliphatic carbocycles. The summed E-state index contributed by atoms with van der Waals surface area (Å²) < 4.78 is 6.58. The van der Waals surface area contributed by atoms with Gasteiger partial charge in [0, 0.05) is 12.2 Å². The Kier molecular flexibility index (Phi) is 5.16. The minimum Gasteiger partial charge on any atom is -0.375 e. The van der Waals surface area contributed by atoms with Gasteiger partial charge in [-0.25, -0.2) is 4.98 Å². The molecule has 1 aromatic heterocycles. The molecule has 1 aromatic carbocycles. The van der Waals surface area contributed by atoms with Crippen molar-refractivity contribution in [3.05, 3.63) is 23.2 Å². The highest BCUT2D eigenvalue weighted by atomic mass is 35.5. The second-order valence-electron chi connectivity index (χ2n) is 4.91. The Bertz CT molecular complexity index is 646. The predicted octanol–water partition coefficient (Wildman–Crippen LogP) is 2.34. The number of carbonyl (C=O) groups excluding carboxylic acids is 1. The fourth-order valence-electron chi connectivity index (χ4n) is 2.36. The minimum absolute atomic E-state index is 0. The van der Waals surface area contributed by atoms with Gasteiger partial charge < -0.3 is 15.4 Å². The number of nitrogens with zero attached hydrogens (tertiary/aromatic N) is 1. The standard InChI is InChI=1S/C14H17N3O2S.ClH/c1-8-13(15-5-6-19-8)14(18)17-10-3-4-11-12(7-10)20-9(2)16-11;/h3-4,7-8,13,15H,5-6H2,1-2H3,(H,17,18);1H/t8-,13+;/m1./s1. The van der Waals surface area contributed by atoms with E-state index < -0.39 is 0 Å². The highest BCUT2D eigenvalue weighted by Crippen LogP contribution is 2.25. The second-order valence-corrected chi connectivity index (χ2v) is 6.15. The smallest absolute Gasteiger partial charge is 0.244 e. The average Bonchev–Trinajstić information content (AvgIpc) is 2.78. The average molecular weight is 328 g/mol. The van der Waals surface area contributed by atoms with Gasteiger partial charge in [-0.15, -0.1) is 23.7 Å². The van der Waals surface area contributed by atoms with Crippen molar-refractivity contribution < 1.29 is 9.53 Å². The SMILES string of the molecule is Cc1nc2ccc(NC(=O)[C@H]3NCCO[C@@H]3C)cc2s1.Cl. The molecule has 0 saturated carbocycles. The molecule has 0 radical (unpaired) electrons. The molecule has 0 spiro atoms. The summed E-state index contributed by atoms with van der Waals surface area (Å²) >= 11 is 1.63. The maximum atomic E-state index is 12.3. The van der Waals surface area contributed by atoms with Gasteiger partial charge in [0.1, 0.15) is 6.04 Å². The molecule has 21 heavy (non-hydrogen) atoms. The van der Waals surface area contributed by atoms with E-state index in [2.05, 4.69) is 15.6 Å². The molecule has 2 N–H and O–H groups in total. The molecule has 5 nitrogen and oxygen atoms in total. The number of carbonyl (C=O) groups is 1. The maximum Gasteiger partial charge on any atom is 0.244 e. The summed E-state index contributed by atoms with van der Waals surface area (Å²) in [4.78, 5) is 16.7. The monoisotopic (exact) mass is 327 g/mol. The van der Waals surface area contributed by atoms with Crippen LogP contribution in [0.5, 0.6) is 0 Å². The number of thiazole rings is 1. The lowest BCUT2D eigenvalue weighted by Gasteiger charge is -2.29. The number of ether oxygens (including phenoxy) is 1. The lowest BCUT2D eigenvalue weighted by molar-refractivity contribution is -0.123. The Balaban J connectivity index is 0.00000161. The zero-order valence-electron chi connectivity index (χ0n) is 11.9. The van der Waals surface area contributed by atoms with Crippen LogP contribution in [0.4, 0.5) is 5.69 Å². The van der Waals surface area contributed by atoms with Crippen molar-refractivity contribution >= 4 is 45.6 Å². The normalized spacial score (nSPS) is 21.8. The Labute approximate surface area is 133 Å². The van der Waals surface area contributed by atoms with Gasteiger partial charge in [-0.3, -0.25) is 4.79 Å². The molecule has 1 saturated heterocycles. The first-order valence-electron chi connectivity index (χ1n) is 6.66. The largest absolute Gasteiger partial charge is 0.375 e. The van der Waals surface area contributed by atoms with E-state index in [1.807, 2.05) is 32.0 Å². The van der Waals surface area contributed by atoms with Gasteiger partial charge in [-0.1, -0.05) is 0 Å². The van der Waals surface area contributed by atoms with Gasteiger partial charge in [0.2, 0.25) is 5.91 Å². The first kappa shape index (κ1) is 16.2. The van der Waals surface area contributed by atoms with E-state index in [0.29, 0.717) is 13.2 Å². The number of amides is 1. The molecule has 0 bridgehead atoms. The first-order chi connectivity index (χ1) is 9.63. The third-order valence-electron chi connectivity index (χ3n) is 3.36. The summed E-state index contributed by atoms with van der Waals surface area (Å²) in [7, 11) is 0. The number of hydrogen-bond acceptors (Lipinski definition) is 5. The molecule has 2 aromatic rings. The van der Waals surface area contributed by atoms with E-state index in [-0.39, 0.29) is 30.5 Å². The van der Waals surface area contributed by atoms with E-state index in [1.54, 1.807) is 11.3 Å². The first-order valence-corrected chi connectivity index (χ1v) is 7.48. The van der Waals surface area contributed by atoms with Crippen LogP contribution in [0, 0.1) is 6.92 Å². The van der Waals surface area contributed by atoms with Gasteiger partial charge in [0.05, 0.1) is 27.9 Å². The summed E-state index contributed by atoms with van der Waals surface area (Å²) in [5.41, 5.74) is 1.77. The number of aryl methyl sites for hydroxylation is 1. The van der Waals surface area contributed by atoms with Crippen molar-refractivity contribution in [3.8, 4) is 0 Å². The molecular formula is C14H18ClN3O2S. The maximum absolute atomic E-state index is 12.3. The summed E-state index contributed by atoms with van der Waals surface area (Å²) in [6.45, 7) is 5.24. The molecule has 1 fully saturated rings. The number of morpholine rings is 1. The van der Waals surface area contributed by atoms with Crippen molar-refractivity contribution in [2.24, 2.45) is 0 Å². The Morgan fingerprint density at radius 3 is 3.10 bits per heavy atom. The number of aromatic nitrogens is 1. The fourth-order valence-corrected chi connectivity index (χ4v) is 3.23. The number of anilines is 1. The number of nitrogens with one attached hydrogen (secondary N) is 2. The zero-order chi connectivity index (χ0) is 14.1. The van der Waals surface area contributed by atoms with Crippen LogP contribution >= 0.6 is 23.7 Å². The lowest BCUT2D eigenvalue weighted by atomic mass is 10.1. The Morgan fingerprint density at radius 2 is 2.33 bits per heavy atom. The van der Waals surface area contributed by atoms with Crippen molar-refractivity contribution in [2.45, 2.75) is 26.0 Å². The van der Waals surface area contributed by atoms with Crippen LogP contribution in [-0.2, 0) is 9.53 Å². The number of benzene rings is 1. The Hall–Kier alpha value is -1.21. The van der Waals surface area contributed by atoms with E-state index in [4.69, 9.17) is 4.74 Å². The van der Waals surface area contributed by atoms with E-state index in [1.165, 1.54) is 0 Å². The molecule has 3 rings (SSSR count). The zero-order valence-corrected chi connectivity index (χ0v) is 13.5. The molecule has 0 unspecified atom stereocenters. The molecule has 1 aliphatic rings. The number of rotatable bonds is 2. The van der Waals surface area contributed by atoms with E-state index in [9.17, 15) is 4.79 Å². The summed E-state index contributed by atoms with van der Waals surface area (Å²) in [6, 6.07) is 5.48. The third-order valence-corrected chi connectivity index (χ3v) is 4.30. The summed E-state index contributed by atoms with van der Waals surface area (Å²) in [6.07, 6.45) is -0.113. The highest BCUT2D eigenvalue weighted by molar-refractivity contribution is 7.18. The quantitative estimate of drug-likeness (QED) is 0.888. The molecule has 7 heteroatoms. The second kappa shape index (κ2) is 6.70. The van der Waals surface area contributed by atoms with Crippen LogP contribution in [0.1, 0.15) is 11.9 Å². The van der Waals surface area contributed by atoms with Gasteiger partial charge in [-0.05, 0) is 32.0 Å². The van der Waals surface area contributed by atoms with Gasteiger partial charge in [0.15, 0.2) is 0 Å². The lowest BCUT2D eigenvalue weighted by Crippen LogP contribution is -2.53. The molecule has 114 valence electrons. The third kappa shape index (κ3) is 3.52. The van der Waals surface area contributed by atoms with Gasteiger partial charge in [0.25, 0.3) is 0 Å². The molecule has 2 atom stereocenters. The van der Waals surface area contributed by atoms with Crippen molar-refractivity contribution in [1.82, 2.24) is 10.3 Å². The fraction of sp³-hybridized carbons (Fsp3) is 0.429. The highest BCUT2D eigenvalue weighted by Gasteiger charge is 2.28.